The summed E-state index contributed by atoms with van der Waals surface area (Å²) in [6.07, 6.45) is 6.38. The highest BCUT2D eigenvalue weighted by atomic mass is 15.1. The molecule has 0 unspecified atom stereocenters. The van der Waals surface area contributed by atoms with Crippen molar-refractivity contribution in [3.8, 4) is 5.82 Å². The first-order valence-electron chi connectivity index (χ1n) is 5.46. The highest BCUT2D eigenvalue weighted by Crippen LogP contribution is 2.10. The van der Waals surface area contributed by atoms with Gasteiger partial charge in [0, 0.05) is 24.6 Å². The summed E-state index contributed by atoms with van der Waals surface area (Å²) in [5.41, 5.74) is 2.36. The van der Waals surface area contributed by atoms with Gasteiger partial charge in [-0.1, -0.05) is 6.92 Å². The minimum Gasteiger partial charge on any atom is -0.316 e. The minimum absolute atomic E-state index is 0.858. The molecule has 0 atom stereocenters. The number of pyridine rings is 1. The van der Waals surface area contributed by atoms with Crippen LogP contribution in [0, 0.1) is 0 Å². The first kappa shape index (κ1) is 10.8. The largest absolute Gasteiger partial charge is 0.316 e. The second-order valence-corrected chi connectivity index (χ2v) is 3.68. The number of rotatable bonds is 4. The van der Waals surface area contributed by atoms with E-state index in [-0.39, 0.29) is 0 Å². The van der Waals surface area contributed by atoms with Crippen LogP contribution in [0.15, 0.2) is 30.9 Å². The van der Waals surface area contributed by atoms with Crippen molar-refractivity contribution in [1.29, 1.82) is 0 Å². The zero-order chi connectivity index (χ0) is 11.4. The van der Waals surface area contributed by atoms with Crippen molar-refractivity contribution in [2.45, 2.75) is 19.9 Å². The number of nitrogens with one attached hydrogen (secondary N) is 1. The van der Waals surface area contributed by atoms with Gasteiger partial charge >= 0.3 is 0 Å². The lowest BCUT2D eigenvalue weighted by atomic mass is 10.2. The highest BCUT2D eigenvalue weighted by molar-refractivity contribution is 5.31. The van der Waals surface area contributed by atoms with Gasteiger partial charge in [-0.2, -0.15) is 0 Å². The Bertz CT molecular complexity index is 448. The Kier molecular flexibility index (Phi) is 3.31. The van der Waals surface area contributed by atoms with Crippen LogP contribution in [0.25, 0.3) is 5.82 Å². The highest BCUT2D eigenvalue weighted by Gasteiger charge is 2.02. The summed E-state index contributed by atoms with van der Waals surface area (Å²) in [6, 6.07) is 4.22. The molecular formula is C12H16N4. The Morgan fingerprint density at radius 1 is 1.38 bits per heavy atom. The van der Waals surface area contributed by atoms with Crippen molar-refractivity contribution >= 4 is 0 Å². The van der Waals surface area contributed by atoms with Gasteiger partial charge in [0.2, 0.25) is 0 Å². The number of aryl methyl sites for hydroxylation is 1. The van der Waals surface area contributed by atoms with Gasteiger partial charge in [0.1, 0.15) is 12.1 Å². The lowest BCUT2D eigenvalue weighted by Gasteiger charge is -2.08. The fourth-order valence-corrected chi connectivity index (χ4v) is 1.65. The topological polar surface area (TPSA) is 42.7 Å². The number of hydrogen-bond donors (Lipinski definition) is 1. The van der Waals surface area contributed by atoms with Crippen molar-refractivity contribution in [3.05, 3.63) is 42.1 Å². The maximum Gasteiger partial charge on any atom is 0.138 e. The standard InChI is InChI=1S/C12H16N4/c1-3-11-6-10(8-13-2)7-12(15-11)16-5-4-14-9-16/h4-7,9,13H,3,8H2,1-2H3. The Labute approximate surface area is 95.4 Å². The zero-order valence-electron chi connectivity index (χ0n) is 9.64. The lowest BCUT2D eigenvalue weighted by Crippen LogP contribution is -2.08. The van der Waals surface area contributed by atoms with Crippen molar-refractivity contribution in [3.63, 3.8) is 0 Å². The van der Waals surface area contributed by atoms with E-state index in [1.54, 1.807) is 12.5 Å². The van der Waals surface area contributed by atoms with E-state index in [1.807, 2.05) is 17.8 Å². The molecule has 0 saturated heterocycles. The van der Waals surface area contributed by atoms with Crippen LogP contribution in [0.4, 0.5) is 0 Å². The molecule has 2 rings (SSSR count). The molecule has 4 nitrogen and oxygen atoms in total. The second-order valence-electron chi connectivity index (χ2n) is 3.68. The SMILES string of the molecule is CCc1cc(CNC)cc(-n2ccnc2)n1. The van der Waals surface area contributed by atoms with E-state index in [2.05, 4.69) is 34.3 Å². The number of imidazole rings is 1. The minimum atomic E-state index is 0.858. The maximum atomic E-state index is 4.57. The maximum absolute atomic E-state index is 4.57. The first-order valence-corrected chi connectivity index (χ1v) is 5.46. The van der Waals surface area contributed by atoms with Crippen molar-refractivity contribution in [2.24, 2.45) is 0 Å². The van der Waals surface area contributed by atoms with Crippen LogP contribution in [0.2, 0.25) is 0 Å². The molecule has 4 heteroatoms. The zero-order valence-corrected chi connectivity index (χ0v) is 9.64. The fourth-order valence-electron chi connectivity index (χ4n) is 1.65. The molecule has 0 fully saturated rings. The molecule has 0 aliphatic rings. The molecule has 0 amide bonds. The van der Waals surface area contributed by atoms with Crippen LogP contribution < -0.4 is 5.32 Å². The summed E-state index contributed by atoms with van der Waals surface area (Å²) in [6.45, 7) is 2.97. The van der Waals surface area contributed by atoms with Gasteiger partial charge in [-0.3, -0.25) is 4.57 Å². The van der Waals surface area contributed by atoms with E-state index in [1.165, 1.54) is 5.56 Å². The lowest BCUT2D eigenvalue weighted by molar-refractivity contribution is 0.806. The smallest absolute Gasteiger partial charge is 0.138 e. The van der Waals surface area contributed by atoms with Gasteiger partial charge in [0.25, 0.3) is 0 Å². The molecule has 0 aliphatic heterocycles. The van der Waals surface area contributed by atoms with Crippen LogP contribution in [-0.2, 0) is 13.0 Å². The summed E-state index contributed by atoms with van der Waals surface area (Å²) < 4.78 is 1.93. The van der Waals surface area contributed by atoms with Gasteiger partial charge in [-0.25, -0.2) is 9.97 Å². The molecule has 0 aliphatic carbocycles. The normalized spacial score (nSPS) is 10.6. The molecule has 2 aromatic rings. The van der Waals surface area contributed by atoms with E-state index in [0.29, 0.717) is 0 Å². The molecule has 0 spiro atoms. The average molecular weight is 216 g/mol. The van der Waals surface area contributed by atoms with Gasteiger partial charge in [-0.05, 0) is 31.2 Å². The molecule has 1 N–H and O–H groups in total. The molecular weight excluding hydrogens is 200 g/mol. The fraction of sp³-hybridized carbons (Fsp3) is 0.333. The monoisotopic (exact) mass is 216 g/mol. The molecule has 2 aromatic heterocycles. The number of nitrogens with zero attached hydrogens (tertiary/aromatic N) is 3. The predicted molar refractivity (Wildman–Crippen MR) is 63.5 cm³/mol. The van der Waals surface area contributed by atoms with Gasteiger partial charge in [0.05, 0.1) is 0 Å². The summed E-state index contributed by atoms with van der Waals surface area (Å²) in [5, 5.41) is 3.16. The van der Waals surface area contributed by atoms with E-state index in [4.69, 9.17) is 0 Å². The van der Waals surface area contributed by atoms with Gasteiger partial charge < -0.3 is 5.32 Å². The molecule has 16 heavy (non-hydrogen) atoms. The van der Waals surface area contributed by atoms with Crippen molar-refractivity contribution < 1.29 is 0 Å². The van der Waals surface area contributed by atoms with Crippen LogP contribution in [-0.4, -0.2) is 21.6 Å². The third-order valence-corrected chi connectivity index (χ3v) is 2.44. The van der Waals surface area contributed by atoms with Gasteiger partial charge in [0.15, 0.2) is 0 Å². The number of aromatic nitrogens is 3. The Morgan fingerprint density at radius 2 is 2.25 bits per heavy atom. The summed E-state index contributed by atoms with van der Waals surface area (Å²) >= 11 is 0. The summed E-state index contributed by atoms with van der Waals surface area (Å²) in [4.78, 5) is 8.61. The quantitative estimate of drug-likeness (QED) is 0.843. The molecule has 0 saturated carbocycles. The average Bonchev–Trinajstić information content (AvgIpc) is 2.82. The van der Waals surface area contributed by atoms with E-state index < -0.39 is 0 Å². The third kappa shape index (κ3) is 2.28. The second kappa shape index (κ2) is 4.90. The Hall–Kier alpha value is -1.68. The molecule has 0 aromatic carbocycles. The van der Waals surface area contributed by atoms with Crippen molar-refractivity contribution in [2.75, 3.05) is 7.05 Å². The molecule has 84 valence electrons. The summed E-state index contributed by atoms with van der Waals surface area (Å²) in [7, 11) is 1.95. The first-order chi connectivity index (χ1) is 7.83. The Balaban J connectivity index is 2.41. The van der Waals surface area contributed by atoms with E-state index >= 15 is 0 Å². The van der Waals surface area contributed by atoms with Crippen LogP contribution in [0.3, 0.4) is 0 Å². The van der Waals surface area contributed by atoms with Crippen LogP contribution in [0.5, 0.6) is 0 Å². The number of hydrogen-bond acceptors (Lipinski definition) is 3. The molecule has 0 bridgehead atoms. The summed E-state index contributed by atoms with van der Waals surface area (Å²) in [5.74, 6) is 0.933. The molecule has 0 radical (unpaired) electrons. The third-order valence-electron chi connectivity index (χ3n) is 2.44. The predicted octanol–water partition coefficient (Wildman–Crippen LogP) is 1.55. The van der Waals surface area contributed by atoms with Crippen LogP contribution in [0.1, 0.15) is 18.2 Å². The van der Waals surface area contributed by atoms with Crippen molar-refractivity contribution in [1.82, 2.24) is 19.9 Å². The van der Waals surface area contributed by atoms with Crippen LogP contribution >= 0.6 is 0 Å². The van der Waals surface area contributed by atoms with E-state index in [0.717, 1.165) is 24.5 Å². The van der Waals surface area contributed by atoms with Gasteiger partial charge in [-0.15, -0.1) is 0 Å². The Morgan fingerprint density at radius 3 is 2.88 bits per heavy atom. The molecule has 2 heterocycles. The van der Waals surface area contributed by atoms with E-state index in [9.17, 15) is 0 Å².